The van der Waals surface area contributed by atoms with Crippen molar-refractivity contribution in [3.05, 3.63) is 23.9 Å². The number of carbonyl (C=O) groups excluding carboxylic acids is 2. The molecule has 1 N–H and O–H groups in total. The van der Waals surface area contributed by atoms with Crippen LogP contribution in [0, 0.1) is 5.92 Å². The molecular formula is C23H36N2O7Si. The highest BCUT2D eigenvalue weighted by atomic mass is 28.4. The van der Waals surface area contributed by atoms with E-state index in [9.17, 15) is 19.5 Å². The molecule has 2 fully saturated rings. The van der Waals surface area contributed by atoms with Gasteiger partial charge in [-0.2, -0.15) is 0 Å². The Bertz CT molecular complexity index is 863. The Balaban J connectivity index is 1.77. The Morgan fingerprint density at radius 1 is 1.36 bits per heavy atom. The van der Waals surface area contributed by atoms with Gasteiger partial charge < -0.3 is 28.8 Å². The normalized spacial score (nSPS) is 26.6. The van der Waals surface area contributed by atoms with Crippen molar-refractivity contribution in [2.24, 2.45) is 5.92 Å². The molecule has 0 aliphatic carbocycles. The molecule has 33 heavy (non-hydrogen) atoms. The highest BCUT2D eigenvalue weighted by Gasteiger charge is 2.59. The second-order valence-corrected chi connectivity index (χ2v) is 15.2. The van der Waals surface area contributed by atoms with Crippen LogP contribution >= 0.6 is 0 Å². The van der Waals surface area contributed by atoms with Crippen LogP contribution in [-0.4, -0.2) is 85.7 Å². The number of amides is 2. The summed E-state index contributed by atoms with van der Waals surface area (Å²) >= 11 is 0. The molecule has 0 radical (unpaired) electrons. The number of aliphatic carboxylic acids is 1. The van der Waals surface area contributed by atoms with Crippen LogP contribution in [0.4, 0.5) is 4.79 Å². The van der Waals surface area contributed by atoms with Crippen LogP contribution in [0.25, 0.3) is 0 Å². The average molecular weight is 481 g/mol. The molecule has 3 rings (SSSR count). The Morgan fingerprint density at radius 3 is 2.61 bits per heavy atom. The van der Waals surface area contributed by atoms with Gasteiger partial charge in [-0.3, -0.25) is 4.79 Å². The molecule has 0 bridgehead atoms. The Hall–Kier alpha value is -2.17. The van der Waals surface area contributed by atoms with E-state index >= 15 is 0 Å². The van der Waals surface area contributed by atoms with Crippen LogP contribution in [-0.2, 0) is 23.5 Å². The molecule has 184 valence electrons. The van der Waals surface area contributed by atoms with Crippen molar-refractivity contribution >= 4 is 26.3 Å². The van der Waals surface area contributed by atoms with E-state index in [0.717, 1.165) is 0 Å². The minimum absolute atomic E-state index is 0.00133. The highest BCUT2D eigenvalue weighted by molar-refractivity contribution is 6.74. The van der Waals surface area contributed by atoms with Gasteiger partial charge >= 0.3 is 12.1 Å². The molecule has 0 aromatic rings. The first kappa shape index (κ1) is 25.4. The molecular weight excluding hydrogens is 444 g/mol. The Kier molecular flexibility index (Phi) is 7.12. The highest BCUT2D eigenvalue weighted by Crippen LogP contribution is 2.47. The number of β-lactam (4-membered cyclic amide) rings is 1. The summed E-state index contributed by atoms with van der Waals surface area (Å²) < 4.78 is 17.4. The van der Waals surface area contributed by atoms with Crippen molar-refractivity contribution in [1.29, 1.82) is 0 Å². The van der Waals surface area contributed by atoms with Gasteiger partial charge in [0.25, 0.3) is 0 Å². The lowest BCUT2D eigenvalue weighted by atomic mass is 9.82. The van der Waals surface area contributed by atoms with Crippen molar-refractivity contribution < 1.29 is 33.4 Å². The van der Waals surface area contributed by atoms with Crippen molar-refractivity contribution in [3.8, 4) is 0 Å². The molecule has 1 unspecified atom stereocenters. The van der Waals surface area contributed by atoms with Gasteiger partial charge in [-0.25, -0.2) is 9.59 Å². The van der Waals surface area contributed by atoms with E-state index in [1.165, 1.54) is 15.9 Å². The number of morpholine rings is 1. The fraction of sp³-hybridized carbons (Fsp3) is 0.696. The van der Waals surface area contributed by atoms with Crippen LogP contribution in [0.2, 0.25) is 18.1 Å². The molecule has 9 nitrogen and oxygen atoms in total. The zero-order valence-electron chi connectivity index (χ0n) is 20.4. The zero-order valence-corrected chi connectivity index (χ0v) is 21.4. The van der Waals surface area contributed by atoms with Crippen LogP contribution in [0.5, 0.6) is 0 Å². The molecule has 3 aliphatic heterocycles. The largest absolute Gasteiger partial charge is 0.477 e. The van der Waals surface area contributed by atoms with Gasteiger partial charge in [-0.05, 0) is 37.0 Å². The van der Waals surface area contributed by atoms with Crippen molar-refractivity contribution in [2.75, 3.05) is 26.3 Å². The predicted octanol–water partition coefficient (Wildman–Crippen LogP) is 2.99. The molecule has 10 heteroatoms. The second kappa shape index (κ2) is 9.23. The molecule has 3 aliphatic rings. The van der Waals surface area contributed by atoms with Gasteiger partial charge in [-0.15, -0.1) is 0 Å². The van der Waals surface area contributed by atoms with Crippen LogP contribution in [0.3, 0.4) is 0 Å². The maximum absolute atomic E-state index is 13.1. The molecule has 0 saturated carbocycles. The molecule has 0 aromatic carbocycles. The van der Waals surface area contributed by atoms with E-state index in [2.05, 4.69) is 40.4 Å². The van der Waals surface area contributed by atoms with Gasteiger partial charge in [0.1, 0.15) is 12.3 Å². The topological polar surface area (TPSA) is 106 Å². The van der Waals surface area contributed by atoms with E-state index in [-0.39, 0.29) is 48.5 Å². The lowest BCUT2D eigenvalue weighted by Gasteiger charge is -2.48. The van der Waals surface area contributed by atoms with E-state index in [1.807, 2.05) is 6.92 Å². The Labute approximate surface area is 196 Å². The summed E-state index contributed by atoms with van der Waals surface area (Å²) in [5.41, 5.74) is 0.524. The van der Waals surface area contributed by atoms with E-state index in [1.54, 1.807) is 0 Å². The molecule has 0 spiro atoms. The average Bonchev–Trinajstić information content (AvgIpc) is 3.06. The fourth-order valence-corrected chi connectivity index (χ4v) is 5.97. The molecule has 4 atom stereocenters. The summed E-state index contributed by atoms with van der Waals surface area (Å²) in [6.07, 6.45) is 0.473. The minimum Gasteiger partial charge on any atom is -0.477 e. The third kappa shape index (κ3) is 4.74. The van der Waals surface area contributed by atoms with Crippen LogP contribution < -0.4 is 0 Å². The number of carboxylic acid groups (broad SMARTS) is 1. The van der Waals surface area contributed by atoms with Gasteiger partial charge in [0.15, 0.2) is 8.32 Å². The lowest BCUT2D eigenvalue weighted by Crippen LogP contribution is -2.63. The molecule has 2 amide bonds. The molecule has 0 aromatic heterocycles. The number of carboxylic acids is 1. The summed E-state index contributed by atoms with van der Waals surface area (Å²) in [6.45, 7) is 17.0. The number of hydrogen-bond acceptors (Lipinski definition) is 6. The summed E-state index contributed by atoms with van der Waals surface area (Å²) in [6, 6.07) is -0.273. The quantitative estimate of drug-likeness (QED) is 0.339. The van der Waals surface area contributed by atoms with Crippen molar-refractivity contribution in [1.82, 2.24) is 9.80 Å². The first-order valence-electron chi connectivity index (χ1n) is 11.4. The van der Waals surface area contributed by atoms with Crippen molar-refractivity contribution in [3.63, 3.8) is 0 Å². The number of carbonyl (C=O) groups is 3. The van der Waals surface area contributed by atoms with Gasteiger partial charge in [-0.1, -0.05) is 33.4 Å². The lowest BCUT2D eigenvalue weighted by molar-refractivity contribution is -0.160. The molecule has 2 saturated heterocycles. The Morgan fingerprint density at radius 2 is 2.03 bits per heavy atom. The van der Waals surface area contributed by atoms with Gasteiger partial charge in [0.2, 0.25) is 5.91 Å². The fourth-order valence-electron chi connectivity index (χ4n) is 4.54. The summed E-state index contributed by atoms with van der Waals surface area (Å²) in [5, 5.41) is 9.91. The first-order chi connectivity index (χ1) is 15.3. The number of ether oxygens (including phenoxy) is 2. The van der Waals surface area contributed by atoms with Gasteiger partial charge in [0, 0.05) is 6.54 Å². The minimum atomic E-state index is -2.10. The summed E-state index contributed by atoms with van der Waals surface area (Å²) in [4.78, 5) is 40.4. The summed E-state index contributed by atoms with van der Waals surface area (Å²) in [5.74, 6) is -1.79. The predicted molar refractivity (Wildman–Crippen MR) is 124 cm³/mol. The third-order valence-corrected chi connectivity index (χ3v) is 11.8. The standard InChI is InChI=1S/C23H36N2O7Si/c1-8-10-31-22(29)24-9-11-30-17(13-24)15-12-16-18(20(26)25(16)19(15)21(27)28)14(2)32-33(6,7)23(3,4)5/h8,14,16-18H,1,9-13H2,2-7H3,(H,27,28)/t14-,16-,17?,18-/m1/s1. The number of hydrogen-bond donors (Lipinski definition) is 1. The second-order valence-electron chi connectivity index (χ2n) is 10.4. The number of rotatable bonds is 7. The monoisotopic (exact) mass is 480 g/mol. The zero-order chi connectivity index (χ0) is 24.7. The van der Waals surface area contributed by atoms with E-state index < -0.39 is 32.4 Å². The first-order valence-corrected chi connectivity index (χ1v) is 14.3. The van der Waals surface area contributed by atoms with Gasteiger partial charge in [0.05, 0.1) is 37.3 Å². The van der Waals surface area contributed by atoms with Crippen LogP contribution in [0.1, 0.15) is 34.1 Å². The van der Waals surface area contributed by atoms with Crippen LogP contribution in [0.15, 0.2) is 23.9 Å². The van der Waals surface area contributed by atoms with E-state index in [0.29, 0.717) is 18.5 Å². The smallest absolute Gasteiger partial charge is 0.410 e. The maximum atomic E-state index is 13.1. The number of fused-ring (bicyclic) bond motifs is 1. The third-order valence-electron chi connectivity index (χ3n) is 7.28. The maximum Gasteiger partial charge on any atom is 0.410 e. The SMILES string of the molecule is C=CCOC(=O)N1CCOC(C2=C(C(=O)O)N3C(=O)[C@H]([C@@H](C)O[Si](C)(C)C(C)(C)C)[C@H]3C2)C1. The molecule has 3 heterocycles. The van der Waals surface area contributed by atoms with Crippen molar-refractivity contribution in [2.45, 2.75) is 70.5 Å². The summed E-state index contributed by atoms with van der Waals surface area (Å²) in [7, 11) is -2.10. The van der Waals surface area contributed by atoms with E-state index in [4.69, 9.17) is 13.9 Å². The number of nitrogens with zero attached hydrogens (tertiary/aromatic N) is 2.